The van der Waals surface area contributed by atoms with Gasteiger partial charge in [0.2, 0.25) is 0 Å². The van der Waals surface area contributed by atoms with Crippen LogP contribution in [0.1, 0.15) is 45.7 Å². The van der Waals surface area contributed by atoms with Crippen molar-refractivity contribution in [2.24, 2.45) is 0 Å². The summed E-state index contributed by atoms with van der Waals surface area (Å²) in [6, 6.07) is 10.2. The molecule has 0 saturated carbocycles. The van der Waals surface area contributed by atoms with Gasteiger partial charge in [0.25, 0.3) is 0 Å². The average molecular weight is 360 g/mol. The molecule has 0 fully saturated rings. The summed E-state index contributed by atoms with van der Waals surface area (Å²) in [5.74, 6) is -0.451. The fourth-order valence-corrected chi connectivity index (χ4v) is 4.43. The first kappa shape index (κ1) is 17.2. The molecule has 2 aromatic rings. The van der Waals surface area contributed by atoms with Gasteiger partial charge in [0.15, 0.2) is 11.6 Å². The molecule has 0 radical (unpaired) electrons. The highest BCUT2D eigenvalue weighted by molar-refractivity contribution is 8.00. The molecule has 0 aromatic heterocycles. The third kappa shape index (κ3) is 3.02. The highest BCUT2D eigenvalue weighted by atomic mass is 32.2. The van der Waals surface area contributed by atoms with Crippen LogP contribution in [0.3, 0.4) is 0 Å². The first-order valence-electron chi connectivity index (χ1n) is 7.45. The second-order valence-electron chi connectivity index (χ2n) is 5.45. The Balaban J connectivity index is 2.19. The van der Waals surface area contributed by atoms with E-state index in [1.54, 1.807) is 50.2 Å². The number of fused-ring (bicyclic) bond motifs is 2. The van der Waals surface area contributed by atoms with Crippen molar-refractivity contribution in [3.05, 3.63) is 58.7 Å². The number of ketones is 2. The Hall–Kier alpha value is -1.60. The Bertz CT molecular complexity index is 758. The Morgan fingerprint density at radius 2 is 1.12 bits per heavy atom. The van der Waals surface area contributed by atoms with Crippen LogP contribution in [-0.4, -0.2) is 32.7 Å². The van der Waals surface area contributed by atoms with E-state index < -0.39 is 10.9 Å². The molecule has 0 spiro atoms. The zero-order valence-electron chi connectivity index (χ0n) is 13.1. The number of aliphatic hydroxyl groups excluding tert-OH is 2. The molecule has 3 rings (SSSR count). The summed E-state index contributed by atoms with van der Waals surface area (Å²) >= 11 is 2.29. The lowest BCUT2D eigenvalue weighted by Gasteiger charge is -2.22. The minimum atomic E-state index is -0.682. The van der Waals surface area contributed by atoms with Gasteiger partial charge < -0.3 is 10.2 Å². The van der Waals surface area contributed by atoms with Gasteiger partial charge in [-0.15, -0.1) is 0 Å². The molecule has 0 saturated heterocycles. The minimum absolute atomic E-state index is 0.226. The lowest BCUT2D eigenvalue weighted by molar-refractivity contribution is 0.0974. The number of hydrogen-bond donors (Lipinski definition) is 2. The number of rotatable bonds is 4. The summed E-state index contributed by atoms with van der Waals surface area (Å²) in [6.07, 6.45) is 0. The molecule has 0 heterocycles. The molecular formula is C18H16O4S2. The quantitative estimate of drug-likeness (QED) is 0.549. The molecule has 4 nitrogen and oxygen atoms in total. The minimum Gasteiger partial charge on any atom is -0.382 e. The second kappa shape index (κ2) is 6.72. The van der Waals surface area contributed by atoms with E-state index in [1.807, 2.05) is 0 Å². The summed E-state index contributed by atoms with van der Waals surface area (Å²) in [5, 5.41) is 19.3. The third-order valence-corrected chi connectivity index (χ3v) is 5.46. The largest absolute Gasteiger partial charge is 0.382 e. The lowest BCUT2D eigenvalue weighted by atomic mass is 9.84. The molecule has 1 aliphatic carbocycles. The van der Waals surface area contributed by atoms with Gasteiger partial charge in [-0.05, 0) is 26.0 Å². The van der Waals surface area contributed by atoms with Gasteiger partial charge in [-0.2, -0.15) is 0 Å². The topological polar surface area (TPSA) is 74.6 Å². The summed E-state index contributed by atoms with van der Waals surface area (Å²) in [4.78, 5) is 27.1. The van der Waals surface area contributed by atoms with E-state index >= 15 is 0 Å². The Morgan fingerprint density at radius 1 is 0.750 bits per heavy atom. The molecule has 2 N–H and O–H groups in total. The van der Waals surface area contributed by atoms with Crippen molar-refractivity contribution in [1.82, 2.24) is 0 Å². The van der Waals surface area contributed by atoms with E-state index in [9.17, 15) is 19.8 Å². The maximum Gasteiger partial charge on any atom is 0.195 e. The number of benzene rings is 2. The average Bonchev–Trinajstić information content (AvgIpc) is 2.51. The van der Waals surface area contributed by atoms with Crippen LogP contribution in [-0.2, 0) is 0 Å². The summed E-state index contributed by atoms with van der Waals surface area (Å²) < 4.78 is 0. The number of carbonyl (C=O) groups excluding carboxylic acids is 2. The van der Waals surface area contributed by atoms with Gasteiger partial charge in [-0.3, -0.25) is 9.59 Å². The molecule has 0 aliphatic heterocycles. The van der Waals surface area contributed by atoms with Crippen LogP contribution in [0.4, 0.5) is 0 Å². The van der Waals surface area contributed by atoms with Crippen LogP contribution in [0.25, 0.3) is 0 Å². The monoisotopic (exact) mass is 360 g/mol. The molecule has 2 aromatic carbocycles. The van der Waals surface area contributed by atoms with Crippen molar-refractivity contribution in [1.29, 1.82) is 0 Å². The smallest absolute Gasteiger partial charge is 0.195 e. The summed E-state index contributed by atoms with van der Waals surface area (Å²) in [7, 11) is 0. The van der Waals surface area contributed by atoms with Crippen LogP contribution in [0, 0.1) is 0 Å². The fraction of sp³-hybridized carbons (Fsp3) is 0.222. The number of hydrogen-bond acceptors (Lipinski definition) is 6. The Kier molecular flexibility index (Phi) is 4.83. The second-order valence-corrected chi connectivity index (χ2v) is 8.17. The van der Waals surface area contributed by atoms with Crippen molar-refractivity contribution in [3.63, 3.8) is 0 Å². The summed E-state index contributed by atoms with van der Waals surface area (Å²) in [5.41, 5.74) is 0.0182. The Labute approximate surface area is 148 Å². The van der Waals surface area contributed by atoms with Crippen LogP contribution in [0.15, 0.2) is 46.2 Å². The molecule has 2 unspecified atom stereocenters. The van der Waals surface area contributed by atoms with E-state index in [2.05, 4.69) is 0 Å². The lowest BCUT2D eigenvalue weighted by Crippen LogP contribution is -2.23. The van der Waals surface area contributed by atoms with Gasteiger partial charge in [0.1, 0.15) is 10.9 Å². The SMILES string of the molecule is CC(O)Sc1cccc2c1C(=O)c1cccc(SC(C)O)c1C2=O. The summed E-state index contributed by atoms with van der Waals surface area (Å²) in [6.45, 7) is 3.23. The van der Waals surface area contributed by atoms with Gasteiger partial charge >= 0.3 is 0 Å². The van der Waals surface area contributed by atoms with Gasteiger partial charge in [0.05, 0.1) is 0 Å². The van der Waals surface area contributed by atoms with Crippen molar-refractivity contribution >= 4 is 35.1 Å². The zero-order chi connectivity index (χ0) is 17.4. The van der Waals surface area contributed by atoms with Crippen molar-refractivity contribution in [2.45, 2.75) is 34.5 Å². The predicted molar refractivity (Wildman–Crippen MR) is 94.8 cm³/mol. The van der Waals surface area contributed by atoms with Gasteiger partial charge in [0, 0.05) is 32.0 Å². The molecule has 6 heteroatoms. The highest BCUT2D eigenvalue weighted by Crippen LogP contribution is 2.38. The van der Waals surface area contributed by atoms with Gasteiger partial charge in [-0.25, -0.2) is 0 Å². The third-order valence-electron chi connectivity index (χ3n) is 3.59. The van der Waals surface area contributed by atoms with E-state index in [0.29, 0.717) is 32.0 Å². The highest BCUT2D eigenvalue weighted by Gasteiger charge is 2.33. The van der Waals surface area contributed by atoms with Crippen molar-refractivity contribution in [3.8, 4) is 0 Å². The van der Waals surface area contributed by atoms with E-state index in [0.717, 1.165) is 23.5 Å². The number of aliphatic hydroxyl groups is 2. The molecular weight excluding hydrogens is 344 g/mol. The zero-order valence-corrected chi connectivity index (χ0v) is 14.8. The molecule has 1 aliphatic rings. The maximum absolute atomic E-state index is 13.0. The normalized spacial score (nSPS) is 15.7. The van der Waals surface area contributed by atoms with Crippen molar-refractivity contribution < 1.29 is 19.8 Å². The van der Waals surface area contributed by atoms with Crippen LogP contribution in [0.5, 0.6) is 0 Å². The number of thioether (sulfide) groups is 2. The van der Waals surface area contributed by atoms with Crippen LogP contribution >= 0.6 is 23.5 Å². The molecule has 0 amide bonds. The van der Waals surface area contributed by atoms with E-state index in [1.165, 1.54) is 0 Å². The van der Waals surface area contributed by atoms with E-state index in [-0.39, 0.29) is 11.6 Å². The Morgan fingerprint density at radius 3 is 1.46 bits per heavy atom. The fourth-order valence-electron chi connectivity index (χ4n) is 2.74. The molecule has 124 valence electrons. The number of carbonyl (C=O) groups is 2. The first-order chi connectivity index (χ1) is 11.4. The molecule has 0 bridgehead atoms. The first-order valence-corrected chi connectivity index (χ1v) is 9.21. The molecule has 2 atom stereocenters. The predicted octanol–water partition coefficient (Wildman–Crippen LogP) is 3.32. The standard InChI is InChI=1S/C18H16O4S2/c1-9(19)23-13-7-3-5-11-15(13)17(21)12-6-4-8-14(24-10(2)20)16(12)18(11)22/h3-10,19-20H,1-2H3. The molecule has 24 heavy (non-hydrogen) atoms. The van der Waals surface area contributed by atoms with Gasteiger partial charge in [-0.1, -0.05) is 47.8 Å². The van der Waals surface area contributed by atoms with E-state index in [4.69, 9.17) is 0 Å². The van der Waals surface area contributed by atoms with Crippen LogP contribution < -0.4 is 0 Å². The van der Waals surface area contributed by atoms with Crippen LogP contribution in [0.2, 0.25) is 0 Å². The maximum atomic E-state index is 13.0. The van der Waals surface area contributed by atoms with Crippen molar-refractivity contribution in [2.75, 3.05) is 0 Å².